The van der Waals surface area contributed by atoms with Gasteiger partial charge in [0.2, 0.25) is 5.95 Å². The highest BCUT2D eigenvalue weighted by atomic mass is 19.1. The van der Waals surface area contributed by atoms with Crippen molar-refractivity contribution in [3.05, 3.63) is 42.6 Å². The third-order valence-electron chi connectivity index (χ3n) is 6.79. The first kappa shape index (κ1) is 21.6. The van der Waals surface area contributed by atoms with Crippen LogP contribution in [0.1, 0.15) is 44.2 Å². The molecule has 35 heavy (non-hydrogen) atoms. The Hall–Kier alpha value is -3.96. The summed E-state index contributed by atoms with van der Waals surface area (Å²) in [7, 11) is 1.85. The number of nitrogens with zero attached hydrogens (tertiary/aromatic N) is 6. The standard InChI is InChI=1S/C23H26FN9O2/c1-23(5-6-23)29-22(34)35-17-4-3-14(20(17)24)16-9-18(31-30-16)28-21-27-15(13-11-26-32(2)12-13)10-19-25-7-8-33(19)21/h7-12,14,17,20H,3-6H2,1-2H3,(H,29,34)(H2,27,28,30,31)/t14-,17-,20+/m1/s1. The number of nitrogens with one attached hydrogen (secondary N) is 3. The fourth-order valence-electron chi connectivity index (χ4n) is 4.52. The average Bonchev–Trinajstić information content (AvgIpc) is 3.34. The van der Waals surface area contributed by atoms with E-state index in [0.717, 1.165) is 24.1 Å². The SMILES string of the molecule is Cn1cc(-c2cc3nccn3c(Nc3cc([C@H]4CC[C@@H](OC(=O)NC5(C)CC5)[C@H]4F)[nH]n3)n2)cn1. The van der Waals surface area contributed by atoms with Crippen molar-refractivity contribution in [3.8, 4) is 11.3 Å². The number of hydrogen-bond donors (Lipinski definition) is 3. The Bertz CT molecular complexity index is 1390. The van der Waals surface area contributed by atoms with Gasteiger partial charge < -0.3 is 15.4 Å². The maximum atomic E-state index is 15.2. The van der Waals surface area contributed by atoms with Gasteiger partial charge in [0.15, 0.2) is 5.82 Å². The largest absolute Gasteiger partial charge is 0.443 e. The molecular formula is C23H26FN9O2. The number of alkyl carbamates (subject to hydrolysis) is 1. The molecule has 0 unspecified atom stereocenters. The van der Waals surface area contributed by atoms with Crippen LogP contribution in [0.15, 0.2) is 36.9 Å². The monoisotopic (exact) mass is 479 g/mol. The van der Waals surface area contributed by atoms with Crippen LogP contribution in [0.3, 0.4) is 0 Å². The lowest BCUT2D eigenvalue weighted by Gasteiger charge is -2.19. The van der Waals surface area contributed by atoms with E-state index < -0.39 is 24.3 Å². The number of alkyl halides is 1. The summed E-state index contributed by atoms with van der Waals surface area (Å²) in [5.74, 6) is 0.587. The molecule has 4 aromatic rings. The van der Waals surface area contributed by atoms with Gasteiger partial charge in [0.1, 0.15) is 17.9 Å². The number of aromatic amines is 1. The van der Waals surface area contributed by atoms with Gasteiger partial charge in [-0.2, -0.15) is 10.2 Å². The van der Waals surface area contributed by atoms with Gasteiger partial charge in [-0.1, -0.05) is 0 Å². The van der Waals surface area contributed by atoms with Crippen molar-refractivity contribution >= 4 is 23.5 Å². The molecule has 3 N–H and O–H groups in total. The third-order valence-corrected chi connectivity index (χ3v) is 6.79. The maximum Gasteiger partial charge on any atom is 0.407 e. The number of carbonyl (C=O) groups is 1. The highest BCUT2D eigenvalue weighted by Gasteiger charge is 2.43. The highest BCUT2D eigenvalue weighted by Crippen LogP contribution is 2.39. The quantitative estimate of drug-likeness (QED) is 0.386. The normalized spacial score (nSPS) is 22.9. The molecule has 1 amide bonds. The fourth-order valence-corrected chi connectivity index (χ4v) is 4.52. The number of halogens is 1. The number of carbonyl (C=O) groups excluding carboxylic acids is 1. The summed E-state index contributed by atoms with van der Waals surface area (Å²) < 4.78 is 24.1. The Morgan fingerprint density at radius 1 is 1.31 bits per heavy atom. The van der Waals surface area contributed by atoms with Crippen LogP contribution in [0, 0.1) is 0 Å². The van der Waals surface area contributed by atoms with Gasteiger partial charge >= 0.3 is 6.09 Å². The average molecular weight is 480 g/mol. The van der Waals surface area contributed by atoms with E-state index in [-0.39, 0.29) is 5.54 Å². The summed E-state index contributed by atoms with van der Waals surface area (Å²) in [6.07, 6.45) is 7.33. The molecule has 0 saturated heterocycles. The number of rotatable bonds is 6. The van der Waals surface area contributed by atoms with Crippen LogP contribution >= 0.6 is 0 Å². The minimum atomic E-state index is -1.31. The molecule has 2 fully saturated rings. The number of amides is 1. The molecule has 11 nitrogen and oxygen atoms in total. The molecule has 0 radical (unpaired) electrons. The van der Waals surface area contributed by atoms with Gasteiger partial charge in [-0.25, -0.2) is 19.2 Å². The van der Waals surface area contributed by atoms with E-state index in [1.54, 1.807) is 29.3 Å². The molecule has 2 aliphatic rings. The first-order valence-corrected chi connectivity index (χ1v) is 11.7. The molecule has 12 heteroatoms. The number of ether oxygens (including phenoxy) is 1. The van der Waals surface area contributed by atoms with Crippen LogP contribution in [-0.4, -0.2) is 58.3 Å². The molecule has 182 valence electrons. The number of fused-ring (bicyclic) bond motifs is 1. The molecule has 3 atom stereocenters. The predicted octanol–water partition coefficient (Wildman–Crippen LogP) is 3.46. The summed E-state index contributed by atoms with van der Waals surface area (Å²) >= 11 is 0. The van der Waals surface area contributed by atoms with E-state index in [1.807, 2.05) is 30.6 Å². The molecule has 4 heterocycles. The van der Waals surface area contributed by atoms with Crippen LogP contribution in [-0.2, 0) is 11.8 Å². The number of hydrogen-bond acceptors (Lipinski definition) is 7. The van der Waals surface area contributed by atoms with Crippen LogP contribution in [0.2, 0.25) is 0 Å². The number of imidazole rings is 1. The van der Waals surface area contributed by atoms with Crippen LogP contribution in [0.4, 0.5) is 21.0 Å². The van der Waals surface area contributed by atoms with Crippen LogP contribution in [0.25, 0.3) is 16.9 Å². The smallest absolute Gasteiger partial charge is 0.407 e. The summed E-state index contributed by atoms with van der Waals surface area (Å²) in [5, 5.41) is 17.5. The Kier molecular flexibility index (Phi) is 4.97. The molecule has 0 aliphatic heterocycles. The molecule has 0 aromatic carbocycles. The lowest BCUT2D eigenvalue weighted by molar-refractivity contribution is 0.0546. The van der Waals surface area contributed by atoms with Gasteiger partial charge in [0, 0.05) is 60.5 Å². The van der Waals surface area contributed by atoms with Crippen molar-refractivity contribution in [1.82, 2.24) is 39.7 Å². The Balaban J connectivity index is 1.18. The van der Waals surface area contributed by atoms with Crippen LogP contribution < -0.4 is 10.6 Å². The van der Waals surface area contributed by atoms with Gasteiger partial charge in [-0.3, -0.25) is 14.2 Å². The Morgan fingerprint density at radius 3 is 2.94 bits per heavy atom. The zero-order valence-electron chi connectivity index (χ0n) is 19.4. The van der Waals surface area contributed by atoms with Gasteiger partial charge in [0.05, 0.1) is 11.9 Å². The molecule has 2 aliphatic carbocycles. The molecule has 4 aromatic heterocycles. The Labute approximate surface area is 200 Å². The van der Waals surface area contributed by atoms with E-state index in [9.17, 15) is 4.79 Å². The third kappa shape index (κ3) is 4.19. The van der Waals surface area contributed by atoms with E-state index in [4.69, 9.17) is 9.72 Å². The van der Waals surface area contributed by atoms with Gasteiger partial charge in [-0.15, -0.1) is 0 Å². The predicted molar refractivity (Wildman–Crippen MR) is 125 cm³/mol. The first-order chi connectivity index (χ1) is 16.9. The Morgan fingerprint density at radius 2 is 2.17 bits per heavy atom. The number of aryl methyl sites for hydroxylation is 1. The molecule has 6 rings (SSSR count). The van der Waals surface area contributed by atoms with Gasteiger partial charge in [0.25, 0.3) is 0 Å². The summed E-state index contributed by atoms with van der Waals surface area (Å²) in [6, 6.07) is 3.65. The highest BCUT2D eigenvalue weighted by molar-refractivity contribution is 5.69. The topological polar surface area (TPSA) is 127 Å². The fraction of sp³-hybridized carbons (Fsp3) is 0.435. The second-order valence-electron chi connectivity index (χ2n) is 9.61. The van der Waals surface area contributed by atoms with Crippen molar-refractivity contribution in [2.75, 3.05) is 5.32 Å². The van der Waals surface area contributed by atoms with Crippen molar-refractivity contribution in [2.24, 2.45) is 7.05 Å². The number of H-pyrrole nitrogens is 1. The lowest BCUT2D eigenvalue weighted by atomic mass is 10.0. The molecular weight excluding hydrogens is 453 g/mol. The van der Waals surface area contributed by atoms with E-state index in [1.165, 1.54) is 0 Å². The van der Waals surface area contributed by atoms with Crippen molar-refractivity contribution in [2.45, 2.75) is 56.3 Å². The molecule has 0 bridgehead atoms. The van der Waals surface area contributed by atoms with Crippen molar-refractivity contribution in [1.29, 1.82) is 0 Å². The zero-order valence-corrected chi connectivity index (χ0v) is 19.4. The minimum absolute atomic E-state index is 0.201. The molecule has 0 spiro atoms. The van der Waals surface area contributed by atoms with E-state index in [0.29, 0.717) is 36.0 Å². The van der Waals surface area contributed by atoms with Crippen molar-refractivity contribution in [3.63, 3.8) is 0 Å². The second-order valence-corrected chi connectivity index (χ2v) is 9.61. The zero-order chi connectivity index (χ0) is 24.2. The minimum Gasteiger partial charge on any atom is -0.443 e. The number of anilines is 2. The molecule has 2 saturated carbocycles. The maximum absolute atomic E-state index is 15.2. The second kappa shape index (κ2) is 8.07. The first-order valence-electron chi connectivity index (χ1n) is 11.7. The lowest BCUT2D eigenvalue weighted by Crippen LogP contribution is -2.38. The van der Waals surface area contributed by atoms with Crippen LogP contribution in [0.5, 0.6) is 0 Å². The van der Waals surface area contributed by atoms with E-state index >= 15 is 4.39 Å². The summed E-state index contributed by atoms with van der Waals surface area (Å²) in [6.45, 7) is 1.95. The van der Waals surface area contributed by atoms with E-state index in [2.05, 4.69) is 30.9 Å². The number of aromatic nitrogens is 7. The summed E-state index contributed by atoms with van der Waals surface area (Å²) in [5.41, 5.74) is 2.74. The van der Waals surface area contributed by atoms with Crippen molar-refractivity contribution < 1.29 is 13.9 Å². The van der Waals surface area contributed by atoms with Gasteiger partial charge in [-0.05, 0) is 32.6 Å². The summed E-state index contributed by atoms with van der Waals surface area (Å²) in [4.78, 5) is 21.2.